The Labute approximate surface area is 180 Å². The van der Waals surface area contributed by atoms with Crippen molar-refractivity contribution in [1.82, 2.24) is 4.98 Å². The van der Waals surface area contributed by atoms with Crippen LogP contribution in [0.25, 0.3) is 11.3 Å². The lowest BCUT2D eigenvalue weighted by Crippen LogP contribution is -2.25. The molecule has 6 heteroatoms. The summed E-state index contributed by atoms with van der Waals surface area (Å²) in [6.45, 7) is 0. The standard InChI is InChI=1S/C22H14BrClN2OS/c23-17-10-6-15(7-11-17)20-14-28-22(25-20)26(19-4-2-1-3-5-19)21(27)16-8-12-18(24)13-9-16/h1-14H. The molecule has 28 heavy (non-hydrogen) atoms. The molecule has 0 saturated heterocycles. The van der Waals surface area contributed by atoms with Crippen LogP contribution in [0.4, 0.5) is 10.8 Å². The first kappa shape index (κ1) is 18.9. The number of carbonyl (C=O) groups excluding carboxylic acids is 1. The maximum Gasteiger partial charge on any atom is 0.264 e. The van der Waals surface area contributed by atoms with Gasteiger partial charge < -0.3 is 0 Å². The summed E-state index contributed by atoms with van der Waals surface area (Å²) < 4.78 is 1.01. The van der Waals surface area contributed by atoms with Gasteiger partial charge in [-0.1, -0.05) is 57.9 Å². The smallest absolute Gasteiger partial charge is 0.264 e. The van der Waals surface area contributed by atoms with E-state index in [4.69, 9.17) is 16.6 Å². The molecule has 0 fully saturated rings. The van der Waals surface area contributed by atoms with Crippen molar-refractivity contribution >= 4 is 55.6 Å². The zero-order valence-electron chi connectivity index (χ0n) is 14.5. The Kier molecular flexibility index (Phi) is 5.57. The van der Waals surface area contributed by atoms with Gasteiger partial charge in [-0.05, 0) is 48.5 Å². The number of thiazole rings is 1. The minimum atomic E-state index is -0.153. The molecule has 4 aromatic rings. The van der Waals surface area contributed by atoms with Crippen LogP contribution in [0.2, 0.25) is 5.02 Å². The van der Waals surface area contributed by atoms with Crippen molar-refractivity contribution in [3.05, 3.63) is 99.3 Å². The van der Waals surface area contributed by atoms with Gasteiger partial charge >= 0.3 is 0 Å². The number of aromatic nitrogens is 1. The van der Waals surface area contributed by atoms with E-state index < -0.39 is 0 Å². The van der Waals surface area contributed by atoms with E-state index in [1.54, 1.807) is 29.2 Å². The molecule has 1 heterocycles. The molecule has 0 N–H and O–H groups in total. The van der Waals surface area contributed by atoms with Crippen molar-refractivity contribution in [2.24, 2.45) is 0 Å². The van der Waals surface area contributed by atoms with Crippen molar-refractivity contribution in [3.63, 3.8) is 0 Å². The predicted molar refractivity (Wildman–Crippen MR) is 120 cm³/mol. The highest BCUT2D eigenvalue weighted by Gasteiger charge is 2.23. The lowest BCUT2D eigenvalue weighted by molar-refractivity contribution is 0.0999. The van der Waals surface area contributed by atoms with Gasteiger partial charge in [0.25, 0.3) is 5.91 Å². The SMILES string of the molecule is O=C(c1ccc(Cl)cc1)N(c1ccccc1)c1nc(-c2ccc(Br)cc2)cs1. The summed E-state index contributed by atoms with van der Waals surface area (Å²) in [5, 5.41) is 3.17. The molecule has 0 radical (unpaired) electrons. The van der Waals surface area contributed by atoms with Crippen LogP contribution in [0.5, 0.6) is 0 Å². The van der Waals surface area contributed by atoms with Crippen LogP contribution in [0.1, 0.15) is 10.4 Å². The normalized spacial score (nSPS) is 10.6. The zero-order chi connectivity index (χ0) is 19.5. The third kappa shape index (κ3) is 4.02. The van der Waals surface area contributed by atoms with Crippen molar-refractivity contribution in [1.29, 1.82) is 0 Å². The molecule has 0 saturated carbocycles. The van der Waals surface area contributed by atoms with E-state index in [9.17, 15) is 4.79 Å². The lowest BCUT2D eigenvalue weighted by atomic mass is 10.2. The minimum Gasteiger partial charge on any atom is -0.268 e. The quantitative estimate of drug-likeness (QED) is 0.316. The molecule has 0 spiro atoms. The molecule has 0 aliphatic rings. The first-order chi connectivity index (χ1) is 13.6. The topological polar surface area (TPSA) is 33.2 Å². The van der Waals surface area contributed by atoms with E-state index in [-0.39, 0.29) is 5.91 Å². The number of para-hydroxylation sites is 1. The fourth-order valence-corrected chi connectivity index (χ4v) is 3.97. The molecule has 0 unspecified atom stereocenters. The second-order valence-corrected chi connectivity index (χ2v) is 8.19. The van der Waals surface area contributed by atoms with Crippen LogP contribution in [-0.4, -0.2) is 10.9 Å². The number of halogens is 2. The van der Waals surface area contributed by atoms with Gasteiger partial charge in [0.2, 0.25) is 0 Å². The fraction of sp³-hybridized carbons (Fsp3) is 0. The summed E-state index contributed by atoms with van der Waals surface area (Å²) in [4.78, 5) is 19.7. The predicted octanol–water partition coefficient (Wildman–Crippen LogP) is 7.20. The molecule has 3 nitrogen and oxygen atoms in total. The number of rotatable bonds is 4. The molecule has 1 amide bonds. The summed E-state index contributed by atoms with van der Waals surface area (Å²) in [6, 6.07) is 24.3. The maximum atomic E-state index is 13.3. The van der Waals surface area contributed by atoms with Gasteiger partial charge in [0.05, 0.1) is 11.4 Å². The number of hydrogen-bond donors (Lipinski definition) is 0. The average Bonchev–Trinajstić information content (AvgIpc) is 3.19. The van der Waals surface area contributed by atoms with Crippen molar-refractivity contribution in [2.75, 3.05) is 4.90 Å². The van der Waals surface area contributed by atoms with Crippen molar-refractivity contribution < 1.29 is 4.79 Å². The van der Waals surface area contributed by atoms with Crippen molar-refractivity contribution in [2.45, 2.75) is 0 Å². The van der Waals surface area contributed by atoms with E-state index in [2.05, 4.69) is 15.9 Å². The molecule has 0 bridgehead atoms. The molecule has 0 aliphatic carbocycles. The lowest BCUT2D eigenvalue weighted by Gasteiger charge is -2.20. The van der Waals surface area contributed by atoms with Gasteiger partial charge in [-0.2, -0.15) is 0 Å². The fourth-order valence-electron chi connectivity index (χ4n) is 2.73. The second-order valence-electron chi connectivity index (χ2n) is 6.01. The van der Waals surface area contributed by atoms with Gasteiger partial charge in [-0.3, -0.25) is 9.69 Å². The summed E-state index contributed by atoms with van der Waals surface area (Å²) in [7, 11) is 0. The molecule has 4 rings (SSSR count). The van der Waals surface area contributed by atoms with Crippen LogP contribution < -0.4 is 4.90 Å². The average molecular weight is 470 g/mol. The minimum absolute atomic E-state index is 0.153. The summed E-state index contributed by atoms with van der Waals surface area (Å²) >= 11 is 10.9. The Morgan fingerprint density at radius 2 is 1.61 bits per heavy atom. The molecular formula is C22H14BrClN2OS. The molecule has 0 atom stereocenters. The van der Waals surface area contributed by atoms with E-state index in [0.29, 0.717) is 15.7 Å². The van der Waals surface area contributed by atoms with E-state index >= 15 is 0 Å². The molecule has 3 aromatic carbocycles. The first-order valence-corrected chi connectivity index (χ1v) is 10.5. The van der Waals surface area contributed by atoms with Crippen LogP contribution in [0, 0.1) is 0 Å². The van der Waals surface area contributed by atoms with Gasteiger partial charge in [0.1, 0.15) is 0 Å². The molecular weight excluding hydrogens is 456 g/mol. The van der Waals surface area contributed by atoms with Crippen LogP contribution >= 0.6 is 38.9 Å². The third-order valence-electron chi connectivity index (χ3n) is 4.13. The van der Waals surface area contributed by atoms with Gasteiger partial charge in [0, 0.05) is 26.0 Å². The summed E-state index contributed by atoms with van der Waals surface area (Å²) in [6.07, 6.45) is 0. The maximum absolute atomic E-state index is 13.3. The number of benzene rings is 3. The van der Waals surface area contributed by atoms with E-state index in [1.165, 1.54) is 11.3 Å². The Morgan fingerprint density at radius 1 is 0.929 bits per heavy atom. The monoisotopic (exact) mass is 468 g/mol. The largest absolute Gasteiger partial charge is 0.268 e. The number of anilines is 2. The van der Waals surface area contributed by atoms with Crippen molar-refractivity contribution in [3.8, 4) is 11.3 Å². The Bertz CT molecular complexity index is 1100. The third-order valence-corrected chi connectivity index (χ3v) is 5.74. The number of hydrogen-bond acceptors (Lipinski definition) is 3. The van der Waals surface area contributed by atoms with E-state index in [0.717, 1.165) is 21.4 Å². The number of nitrogens with zero attached hydrogens (tertiary/aromatic N) is 2. The highest BCUT2D eigenvalue weighted by atomic mass is 79.9. The number of carbonyl (C=O) groups is 1. The Balaban J connectivity index is 1.75. The second kappa shape index (κ2) is 8.27. The van der Waals surface area contributed by atoms with Crippen LogP contribution in [0.15, 0.2) is 88.7 Å². The van der Waals surface area contributed by atoms with Gasteiger partial charge in [-0.15, -0.1) is 11.3 Å². The number of amides is 1. The molecule has 0 aliphatic heterocycles. The highest BCUT2D eigenvalue weighted by molar-refractivity contribution is 9.10. The highest BCUT2D eigenvalue weighted by Crippen LogP contribution is 2.33. The van der Waals surface area contributed by atoms with Crippen LogP contribution in [-0.2, 0) is 0 Å². The molecule has 138 valence electrons. The van der Waals surface area contributed by atoms with E-state index in [1.807, 2.05) is 60.0 Å². The molecule has 1 aromatic heterocycles. The Hall–Kier alpha value is -2.47. The zero-order valence-corrected chi connectivity index (χ0v) is 17.7. The summed E-state index contributed by atoms with van der Waals surface area (Å²) in [5.74, 6) is -0.153. The summed E-state index contributed by atoms with van der Waals surface area (Å²) in [5.41, 5.74) is 3.14. The first-order valence-electron chi connectivity index (χ1n) is 8.48. The van der Waals surface area contributed by atoms with Gasteiger partial charge in [0.15, 0.2) is 5.13 Å². The Morgan fingerprint density at radius 3 is 2.29 bits per heavy atom. The van der Waals surface area contributed by atoms with Crippen LogP contribution in [0.3, 0.4) is 0 Å². The van der Waals surface area contributed by atoms with Gasteiger partial charge in [-0.25, -0.2) is 4.98 Å².